The fraction of sp³-hybridized carbons (Fsp3) is 0.367. The number of piperazine rings is 1. The van der Waals surface area contributed by atoms with Gasteiger partial charge in [0, 0.05) is 53.7 Å². The van der Waals surface area contributed by atoms with Crippen LogP contribution in [0.4, 0.5) is 11.4 Å². The van der Waals surface area contributed by atoms with Crippen molar-refractivity contribution in [3.8, 4) is 0 Å². The van der Waals surface area contributed by atoms with Crippen LogP contribution in [0, 0.1) is 5.92 Å². The number of rotatable bonds is 5. The van der Waals surface area contributed by atoms with Crippen molar-refractivity contribution in [2.75, 3.05) is 36.4 Å². The van der Waals surface area contributed by atoms with Gasteiger partial charge in [0.25, 0.3) is 5.91 Å². The molecule has 3 aromatic carbocycles. The van der Waals surface area contributed by atoms with Gasteiger partial charge in [-0.3, -0.25) is 9.69 Å². The van der Waals surface area contributed by atoms with E-state index in [-0.39, 0.29) is 11.4 Å². The van der Waals surface area contributed by atoms with E-state index in [2.05, 4.69) is 70.6 Å². The zero-order valence-electron chi connectivity index (χ0n) is 20.4. The standard InChI is InChI=1S/C30H34ClN3O/c1-23-14-16-30(17-15-23,34-20-18-33(19-21-34)28-8-3-2-4-9-28)25-6-5-7-27(22-25)32-29(35)24-10-12-26(31)13-11-24/h2-13,22-23H,14-21H2,1H3,(H,32,35)/t23-,30-. The Bertz CT molecular complexity index is 1130. The first kappa shape index (κ1) is 23.9. The molecule has 2 aliphatic rings. The highest BCUT2D eigenvalue weighted by molar-refractivity contribution is 6.30. The molecule has 1 heterocycles. The molecule has 4 nitrogen and oxygen atoms in total. The topological polar surface area (TPSA) is 35.6 Å². The van der Waals surface area contributed by atoms with Crippen LogP contribution in [-0.2, 0) is 5.54 Å². The van der Waals surface area contributed by atoms with Gasteiger partial charge in [-0.15, -0.1) is 0 Å². The molecule has 182 valence electrons. The summed E-state index contributed by atoms with van der Waals surface area (Å²) in [7, 11) is 0. The van der Waals surface area contributed by atoms with Crippen molar-refractivity contribution >= 4 is 28.9 Å². The Hall–Kier alpha value is -2.82. The molecular weight excluding hydrogens is 454 g/mol. The first-order chi connectivity index (χ1) is 17.0. The lowest BCUT2D eigenvalue weighted by Crippen LogP contribution is -2.56. The Morgan fingerprint density at radius 3 is 2.26 bits per heavy atom. The summed E-state index contributed by atoms with van der Waals surface area (Å²) in [6.45, 7) is 6.54. The smallest absolute Gasteiger partial charge is 0.255 e. The summed E-state index contributed by atoms with van der Waals surface area (Å²) >= 11 is 5.99. The van der Waals surface area contributed by atoms with Crippen LogP contribution in [-0.4, -0.2) is 37.0 Å². The van der Waals surface area contributed by atoms with Crippen molar-refractivity contribution < 1.29 is 4.79 Å². The molecule has 0 aromatic heterocycles. The van der Waals surface area contributed by atoms with Crippen molar-refractivity contribution in [3.05, 3.63) is 95.0 Å². The molecule has 2 fully saturated rings. The Balaban J connectivity index is 1.36. The summed E-state index contributed by atoms with van der Waals surface area (Å²) in [4.78, 5) is 18.1. The third kappa shape index (κ3) is 5.24. The van der Waals surface area contributed by atoms with Gasteiger partial charge in [-0.2, -0.15) is 0 Å². The molecule has 3 aromatic rings. The van der Waals surface area contributed by atoms with Crippen molar-refractivity contribution in [1.82, 2.24) is 4.90 Å². The second kappa shape index (κ2) is 10.4. The largest absolute Gasteiger partial charge is 0.369 e. The van der Waals surface area contributed by atoms with E-state index in [0.29, 0.717) is 10.6 Å². The number of nitrogens with zero attached hydrogens (tertiary/aromatic N) is 2. The number of halogens is 1. The Morgan fingerprint density at radius 1 is 0.886 bits per heavy atom. The molecule has 5 rings (SSSR count). The van der Waals surface area contributed by atoms with Crippen molar-refractivity contribution in [2.24, 2.45) is 5.92 Å². The summed E-state index contributed by atoms with van der Waals surface area (Å²) in [6, 6.07) is 26.3. The average Bonchev–Trinajstić information content (AvgIpc) is 2.90. The minimum Gasteiger partial charge on any atom is -0.369 e. The average molecular weight is 488 g/mol. The first-order valence-corrected chi connectivity index (χ1v) is 13.1. The molecule has 1 N–H and O–H groups in total. The highest BCUT2D eigenvalue weighted by Crippen LogP contribution is 2.45. The molecule has 0 unspecified atom stereocenters. The summed E-state index contributed by atoms with van der Waals surface area (Å²) < 4.78 is 0. The van der Waals surface area contributed by atoms with Gasteiger partial charge in [0.15, 0.2) is 0 Å². The van der Waals surface area contributed by atoms with Gasteiger partial charge in [0.2, 0.25) is 0 Å². The number of para-hydroxylation sites is 1. The zero-order valence-corrected chi connectivity index (χ0v) is 21.2. The number of hydrogen-bond donors (Lipinski definition) is 1. The van der Waals surface area contributed by atoms with Crippen LogP contribution in [0.25, 0.3) is 0 Å². The maximum absolute atomic E-state index is 12.8. The van der Waals surface area contributed by atoms with Gasteiger partial charge < -0.3 is 10.2 Å². The first-order valence-electron chi connectivity index (χ1n) is 12.8. The fourth-order valence-corrected chi connectivity index (χ4v) is 5.88. The molecule has 0 radical (unpaired) electrons. The van der Waals surface area contributed by atoms with Crippen LogP contribution >= 0.6 is 11.6 Å². The lowest BCUT2D eigenvalue weighted by Gasteiger charge is -2.51. The SMILES string of the molecule is C[C@H]1CC[C@](c2cccc(NC(=O)c3ccc(Cl)cc3)c2)(N2CCN(c3ccccc3)CC2)CC1. The van der Waals surface area contributed by atoms with Crippen LogP contribution in [0.1, 0.15) is 48.5 Å². The Labute approximate surface area is 213 Å². The third-order valence-electron chi connectivity index (χ3n) is 7.87. The van der Waals surface area contributed by atoms with Crippen LogP contribution in [0.2, 0.25) is 5.02 Å². The van der Waals surface area contributed by atoms with Crippen molar-refractivity contribution in [3.63, 3.8) is 0 Å². The van der Waals surface area contributed by atoms with Gasteiger partial charge in [-0.25, -0.2) is 0 Å². The Morgan fingerprint density at radius 2 is 1.57 bits per heavy atom. The maximum atomic E-state index is 12.8. The number of nitrogens with one attached hydrogen (secondary N) is 1. The third-order valence-corrected chi connectivity index (χ3v) is 8.12. The van der Waals surface area contributed by atoms with E-state index in [1.807, 2.05) is 6.07 Å². The van der Waals surface area contributed by atoms with E-state index in [0.717, 1.165) is 50.6 Å². The quantitative estimate of drug-likeness (QED) is 0.429. The number of anilines is 2. The van der Waals surface area contributed by atoms with Crippen molar-refractivity contribution in [1.29, 1.82) is 0 Å². The molecule has 1 saturated carbocycles. The fourth-order valence-electron chi connectivity index (χ4n) is 5.75. The van der Waals surface area contributed by atoms with E-state index in [1.54, 1.807) is 24.3 Å². The molecular formula is C30H34ClN3O. The highest BCUT2D eigenvalue weighted by Gasteiger charge is 2.42. The van der Waals surface area contributed by atoms with E-state index < -0.39 is 0 Å². The molecule has 5 heteroatoms. The van der Waals surface area contributed by atoms with Crippen LogP contribution in [0.5, 0.6) is 0 Å². The van der Waals surface area contributed by atoms with Crippen molar-refractivity contribution in [2.45, 2.75) is 38.1 Å². The van der Waals surface area contributed by atoms with E-state index in [4.69, 9.17) is 11.6 Å². The second-order valence-electron chi connectivity index (χ2n) is 10.1. The van der Waals surface area contributed by atoms with Gasteiger partial charge >= 0.3 is 0 Å². The lowest BCUT2D eigenvalue weighted by molar-refractivity contribution is 0.0299. The Kier molecular flexibility index (Phi) is 7.12. The summed E-state index contributed by atoms with van der Waals surface area (Å²) in [6.07, 6.45) is 4.79. The molecule has 35 heavy (non-hydrogen) atoms. The number of benzene rings is 3. The molecule has 0 bridgehead atoms. The predicted octanol–water partition coefficient (Wildman–Crippen LogP) is 6.82. The minimum atomic E-state index is -0.110. The summed E-state index contributed by atoms with van der Waals surface area (Å²) in [5.41, 5.74) is 4.12. The van der Waals surface area contributed by atoms with E-state index in [1.165, 1.54) is 24.1 Å². The number of carbonyl (C=O) groups excluding carboxylic acids is 1. The second-order valence-corrected chi connectivity index (χ2v) is 10.5. The number of amides is 1. The number of hydrogen-bond acceptors (Lipinski definition) is 3. The maximum Gasteiger partial charge on any atom is 0.255 e. The van der Waals surface area contributed by atoms with E-state index in [9.17, 15) is 4.79 Å². The van der Waals surface area contributed by atoms with Crippen LogP contribution in [0.3, 0.4) is 0 Å². The monoisotopic (exact) mass is 487 g/mol. The van der Waals surface area contributed by atoms with Gasteiger partial charge in [-0.1, -0.05) is 48.9 Å². The van der Waals surface area contributed by atoms with Crippen LogP contribution in [0.15, 0.2) is 78.9 Å². The zero-order chi connectivity index (χ0) is 24.3. The molecule has 0 spiro atoms. The van der Waals surface area contributed by atoms with E-state index >= 15 is 0 Å². The molecule has 1 amide bonds. The molecule has 0 atom stereocenters. The summed E-state index contributed by atoms with van der Waals surface area (Å²) in [5.74, 6) is 0.656. The van der Waals surface area contributed by atoms with Gasteiger partial charge in [-0.05, 0) is 85.7 Å². The lowest BCUT2D eigenvalue weighted by atomic mass is 9.71. The van der Waals surface area contributed by atoms with Crippen LogP contribution < -0.4 is 10.2 Å². The normalized spacial score (nSPS) is 23.1. The molecule has 1 saturated heterocycles. The van der Waals surface area contributed by atoms with Gasteiger partial charge in [0.1, 0.15) is 0 Å². The van der Waals surface area contributed by atoms with Gasteiger partial charge in [0.05, 0.1) is 0 Å². The highest BCUT2D eigenvalue weighted by atomic mass is 35.5. The minimum absolute atomic E-state index is 0.0241. The number of carbonyl (C=O) groups is 1. The molecule has 1 aliphatic heterocycles. The summed E-state index contributed by atoms with van der Waals surface area (Å²) in [5, 5.41) is 3.73. The predicted molar refractivity (Wildman–Crippen MR) is 145 cm³/mol. The molecule has 1 aliphatic carbocycles.